The summed E-state index contributed by atoms with van der Waals surface area (Å²) in [6.07, 6.45) is 3.04. The van der Waals surface area contributed by atoms with Gasteiger partial charge in [0, 0.05) is 34.9 Å². The molecule has 0 radical (unpaired) electrons. The van der Waals surface area contributed by atoms with Crippen molar-refractivity contribution in [2.24, 2.45) is 0 Å². The molecular weight excluding hydrogens is 374 g/mol. The molecule has 0 bridgehead atoms. The van der Waals surface area contributed by atoms with E-state index in [-0.39, 0.29) is 23.3 Å². The van der Waals surface area contributed by atoms with E-state index in [0.29, 0.717) is 15.9 Å². The molecule has 0 amide bonds. The van der Waals surface area contributed by atoms with Crippen LogP contribution in [0.15, 0.2) is 65.4 Å². The Morgan fingerprint density at radius 1 is 1.21 bits per heavy atom. The van der Waals surface area contributed by atoms with E-state index in [9.17, 15) is 9.59 Å². The van der Waals surface area contributed by atoms with Crippen LogP contribution in [0, 0.1) is 0 Å². The van der Waals surface area contributed by atoms with E-state index >= 15 is 0 Å². The fraction of sp³-hybridized carbons (Fsp3) is 0.227. The lowest BCUT2D eigenvalue weighted by molar-refractivity contribution is -0.115. The third-order valence-corrected chi connectivity index (χ3v) is 5.59. The number of ketones is 1. The molecule has 4 rings (SSSR count). The van der Waals surface area contributed by atoms with Gasteiger partial charge >= 0.3 is 0 Å². The molecular formula is C22H20ClN3O2. The van der Waals surface area contributed by atoms with Gasteiger partial charge in [0.05, 0.1) is 23.8 Å². The largest absolute Gasteiger partial charge is 0.347 e. The molecule has 1 aliphatic rings. The maximum Gasteiger partial charge on any atom is 0.261 e. The van der Waals surface area contributed by atoms with E-state index in [1.54, 1.807) is 24.3 Å². The number of anilines is 1. The van der Waals surface area contributed by atoms with Crippen LogP contribution in [0.3, 0.4) is 0 Å². The lowest BCUT2D eigenvalue weighted by Crippen LogP contribution is -2.27. The summed E-state index contributed by atoms with van der Waals surface area (Å²) in [7, 11) is 1.96. The van der Waals surface area contributed by atoms with E-state index in [1.807, 2.05) is 30.1 Å². The van der Waals surface area contributed by atoms with Crippen LogP contribution in [0.25, 0.3) is 10.9 Å². The average molecular weight is 394 g/mol. The van der Waals surface area contributed by atoms with Crippen LogP contribution < -0.4 is 10.5 Å². The molecule has 142 valence electrons. The normalized spacial score (nSPS) is 16.6. The summed E-state index contributed by atoms with van der Waals surface area (Å²) in [5.74, 6) is -0.159. The third-order valence-electron chi connectivity index (χ3n) is 5.35. The first-order chi connectivity index (χ1) is 13.3. The summed E-state index contributed by atoms with van der Waals surface area (Å²) in [6, 6.07) is 13.1. The van der Waals surface area contributed by atoms with Crippen molar-refractivity contribution >= 4 is 34.0 Å². The van der Waals surface area contributed by atoms with Crippen LogP contribution in [0.2, 0.25) is 5.02 Å². The van der Waals surface area contributed by atoms with Crippen LogP contribution in [-0.2, 0) is 16.8 Å². The standard InChI is InChI=1S/C22H20ClN3O2/c1-22(2)17-6-4-5-7-19(17)25(3)20(22)11-15(27)12-26-13-24-18-9-8-14(23)10-16(18)21(26)28/h4-11,13H,12H2,1-3H3. The molecule has 0 aliphatic carbocycles. The van der Waals surface area contributed by atoms with Crippen molar-refractivity contribution in [3.63, 3.8) is 0 Å². The summed E-state index contributed by atoms with van der Waals surface area (Å²) in [5.41, 5.74) is 3.16. The summed E-state index contributed by atoms with van der Waals surface area (Å²) in [6.45, 7) is 4.12. The summed E-state index contributed by atoms with van der Waals surface area (Å²) in [4.78, 5) is 31.8. The topological polar surface area (TPSA) is 55.2 Å². The lowest BCUT2D eigenvalue weighted by Gasteiger charge is -2.24. The van der Waals surface area contributed by atoms with Crippen LogP contribution in [0.5, 0.6) is 0 Å². The number of likely N-dealkylation sites (N-methyl/N-ethyl adjacent to an activating group) is 1. The van der Waals surface area contributed by atoms with Crippen molar-refractivity contribution in [1.29, 1.82) is 0 Å². The van der Waals surface area contributed by atoms with Crippen molar-refractivity contribution in [1.82, 2.24) is 9.55 Å². The molecule has 1 aromatic heterocycles. The Kier molecular flexibility index (Phi) is 4.35. The number of nitrogens with zero attached hydrogens (tertiary/aromatic N) is 3. The number of carbonyl (C=O) groups excluding carboxylic acids is 1. The number of halogens is 1. The molecule has 1 aliphatic heterocycles. The summed E-state index contributed by atoms with van der Waals surface area (Å²) >= 11 is 6.00. The van der Waals surface area contributed by atoms with Gasteiger partial charge in [0.25, 0.3) is 5.56 Å². The van der Waals surface area contributed by atoms with E-state index in [1.165, 1.54) is 16.5 Å². The van der Waals surface area contributed by atoms with Crippen molar-refractivity contribution in [2.45, 2.75) is 25.8 Å². The first kappa shape index (κ1) is 18.4. The van der Waals surface area contributed by atoms with Crippen LogP contribution in [0.1, 0.15) is 19.4 Å². The number of para-hydroxylation sites is 1. The fourth-order valence-corrected chi connectivity index (χ4v) is 4.04. The van der Waals surface area contributed by atoms with Crippen molar-refractivity contribution in [3.8, 4) is 0 Å². The minimum Gasteiger partial charge on any atom is -0.347 e. The van der Waals surface area contributed by atoms with Crippen LogP contribution >= 0.6 is 11.6 Å². The molecule has 2 aromatic carbocycles. The van der Waals surface area contributed by atoms with Gasteiger partial charge < -0.3 is 4.90 Å². The Labute approximate surface area is 167 Å². The van der Waals surface area contributed by atoms with Gasteiger partial charge in [-0.25, -0.2) is 4.98 Å². The number of hydrogen-bond donors (Lipinski definition) is 0. The highest BCUT2D eigenvalue weighted by molar-refractivity contribution is 6.31. The number of carbonyl (C=O) groups is 1. The molecule has 0 N–H and O–H groups in total. The van der Waals surface area contributed by atoms with Crippen molar-refractivity contribution in [3.05, 3.63) is 81.5 Å². The summed E-state index contributed by atoms with van der Waals surface area (Å²) in [5, 5.41) is 0.867. The number of hydrogen-bond acceptors (Lipinski definition) is 4. The van der Waals surface area contributed by atoms with Gasteiger partial charge in [-0.15, -0.1) is 0 Å². The number of benzene rings is 2. The third kappa shape index (κ3) is 2.92. The highest BCUT2D eigenvalue weighted by Gasteiger charge is 2.38. The van der Waals surface area contributed by atoms with E-state index in [4.69, 9.17) is 11.6 Å². The molecule has 6 heteroatoms. The maximum atomic E-state index is 12.8. The molecule has 2 heterocycles. The first-order valence-electron chi connectivity index (χ1n) is 9.02. The monoisotopic (exact) mass is 393 g/mol. The molecule has 28 heavy (non-hydrogen) atoms. The van der Waals surface area contributed by atoms with Gasteiger partial charge in [-0.3, -0.25) is 14.2 Å². The highest BCUT2D eigenvalue weighted by Crippen LogP contribution is 2.46. The molecule has 5 nitrogen and oxygen atoms in total. The van der Waals surface area contributed by atoms with Crippen LogP contribution in [-0.4, -0.2) is 22.4 Å². The number of allylic oxidation sites excluding steroid dienone is 2. The fourth-order valence-electron chi connectivity index (χ4n) is 3.87. The van der Waals surface area contributed by atoms with Gasteiger partial charge in [0.1, 0.15) is 0 Å². The van der Waals surface area contributed by atoms with E-state index in [2.05, 4.69) is 24.9 Å². The number of rotatable bonds is 3. The minimum absolute atomic E-state index is 0.0714. The second-order valence-corrected chi connectivity index (χ2v) is 7.97. The Bertz CT molecular complexity index is 1190. The molecule has 0 spiro atoms. The van der Waals surface area contributed by atoms with Gasteiger partial charge in [-0.2, -0.15) is 0 Å². The van der Waals surface area contributed by atoms with Gasteiger partial charge in [-0.1, -0.05) is 43.6 Å². The zero-order valence-corrected chi connectivity index (χ0v) is 16.7. The SMILES string of the molecule is CN1C(=CC(=O)Cn2cnc3ccc(Cl)cc3c2=O)C(C)(C)c2ccccc21. The molecule has 0 atom stereocenters. The Hall–Kier alpha value is -2.92. The van der Waals surface area contributed by atoms with Gasteiger partial charge in [-0.05, 0) is 29.8 Å². The predicted molar refractivity (Wildman–Crippen MR) is 112 cm³/mol. The second kappa shape index (κ2) is 6.60. The molecule has 0 saturated heterocycles. The molecule has 0 fully saturated rings. The zero-order valence-electron chi connectivity index (χ0n) is 15.9. The minimum atomic E-state index is -0.291. The average Bonchev–Trinajstić information content (AvgIpc) is 2.86. The van der Waals surface area contributed by atoms with Crippen molar-refractivity contribution < 1.29 is 4.79 Å². The first-order valence-corrected chi connectivity index (χ1v) is 9.40. The lowest BCUT2D eigenvalue weighted by atomic mass is 9.83. The predicted octanol–water partition coefficient (Wildman–Crippen LogP) is 3.93. The zero-order chi connectivity index (χ0) is 20.1. The van der Waals surface area contributed by atoms with Crippen LogP contribution in [0.4, 0.5) is 5.69 Å². The van der Waals surface area contributed by atoms with Gasteiger partial charge in [0.2, 0.25) is 0 Å². The Morgan fingerprint density at radius 2 is 1.96 bits per heavy atom. The Morgan fingerprint density at radius 3 is 2.71 bits per heavy atom. The number of fused-ring (bicyclic) bond motifs is 2. The molecule has 0 unspecified atom stereocenters. The number of aromatic nitrogens is 2. The summed E-state index contributed by atoms with van der Waals surface area (Å²) < 4.78 is 1.33. The maximum absolute atomic E-state index is 12.8. The molecule has 0 saturated carbocycles. The van der Waals surface area contributed by atoms with E-state index in [0.717, 1.165) is 11.4 Å². The highest BCUT2D eigenvalue weighted by atomic mass is 35.5. The van der Waals surface area contributed by atoms with Gasteiger partial charge in [0.15, 0.2) is 5.78 Å². The quantitative estimate of drug-likeness (QED) is 0.632. The second-order valence-electron chi connectivity index (χ2n) is 7.54. The Balaban J connectivity index is 1.68. The smallest absolute Gasteiger partial charge is 0.261 e. The van der Waals surface area contributed by atoms with Crippen molar-refractivity contribution in [2.75, 3.05) is 11.9 Å². The van der Waals surface area contributed by atoms with E-state index < -0.39 is 0 Å². The molecule has 3 aromatic rings.